The Hall–Kier alpha value is -1.06. The van der Waals surface area contributed by atoms with E-state index in [1.165, 1.54) is 0 Å². The third-order valence-electron chi connectivity index (χ3n) is 5.82. The Bertz CT molecular complexity index is 377. The minimum atomic E-state index is -0.736. The van der Waals surface area contributed by atoms with Crippen LogP contribution < -0.4 is 5.32 Å². The van der Waals surface area contributed by atoms with Crippen molar-refractivity contribution in [3.8, 4) is 0 Å². The van der Waals surface area contributed by atoms with Gasteiger partial charge < -0.3 is 10.4 Å². The van der Waals surface area contributed by atoms with E-state index in [1.807, 2.05) is 0 Å². The predicted molar refractivity (Wildman–Crippen MR) is 82.0 cm³/mol. The predicted octanol–water partition coefficient (Wildman–Crippen LogP) is 3.50. The molecule has 2 saturated carbocycles. The van der Waals surface area contributed by atoms with E-state index in [4.69, 9.17) is 0 Å². The molecular formula is C17H29NO3. The molecule has 0 unspecified atom stereocenters. The van der Waals surface area contributed by atoms with Gasteiger partial charge in [0, 0.05) is 12.0 Å². The van der Waals surface area contributed by atoms with Crippen LogP contribution in [0.2, 0.25) is 0 Å². The molecule has 2 fully saturated rings. The van der Waals surface area contributed by atoms with E-state index >= 15 is 0 Å². The summed E-state index contributed by atoms with van der Waals surface area (Å²) >= 11 is 0. The van der Waals surface area contributed by atoms with E-state index in [9.17, 15) is 14.7 Å². The van der Waals surface area contributed by atoms with Gasteiger partial charge in [0.25, 0.3) is 0 Å². The molecule has 0 aromatic heterocycles. The fraction of sp³-hybridized carbons (Fsp3) is 0.882. The number of nitrogens with one attached hydrogen (secondary N) is 1. The van der Waals surface area contributed by atoms with Gasteiger partial charge in [-0.2, -0.15) is 0 Å². The van der Waals surface area contributed by atoms with Gasteiger partial charge in [-0.3, -0.25) is 9.59 Å². The summed E-state index contributed by atoms with van der Waals surface area (Å²) in [5.41, 5.74) is -0.968. The van der Waals surface area contributed by atoms with Crippen molar-refractivity contribution in [2.45, 2.75) is 77.6 Å². The highest BCUT2D eigenvalue weighted by atomic mass is 16.4. The number of rotatable bonds is 5. The second-order valence-electron chi connectivity index (χ2n) is 7.02. The Morgan fingerprint density at radius 2 is 1.38 bits per heavy atom. The molecule has 4 nitrogen and oxygen atoms in total. The average molecular weight is 295 g/mol. The Labute approximate surface area is 127 Å². The lowest BCUT2D eigenvalue weighted by Gasteiger charge is -2.32. The van der Waals surface area contributed by atoms with Crippen LogP contribution in [0.15, 0.2) is 0 Å². The van der Waals surface area contributed by atoms with Gasteiger partial charge in [-0.15, -0.1) is 0 Å². The zero-order valence-corrected chi connectivity index (χ0v) is 13.2. The van der Waals surface area contributed by atoms with Crippen molar-refractivity contribution >= 4 is 11.9 Å². The summed E-state index contributed by atoms with van der Waals surface area (Å²) in [6, 6.07) is 0. The van der Waals surface area contributed by atoms with Crippen molar-refractivity contribution in [2.24, 2.45) is 10.8 Å². The van der Waals surface area contributed by atoms with Crippen molar-refractivity contribution in [2.75, 3.05) is 6.54 Å². The van der Waals surface area contributed by atoms with Gasteiger partial charge in [-0.1, -0.05) is 45.4 Å². The zero-order chi connectivity index (χ0) is 15.3. The highest BCUT2D eigenvalue weighted by molar-refractivity contribution is 5.84. The van der Waals surface area contributed by atoms with Crippen LogP contribution in [-0.2, 0) is 9.59 Å². The summed E-state index contributed by atoms with van der Waals surface area (Å²) in [5, 5.41) is 12.7. The first-order valence-electron chi connectivity index (χ1n) is 8.56. The lowest BCUT2D eigenvalue weighted by Crippen LogP contribution is -2.47. The maximum absolute atomic E-state index is 12.6. The molecule has 0 aromatic carbocycles. The molecule has 2 aliphatic carbocycles. The van der Waals surface area contributed by atoms with Crippen molar-refractivity contribution in [3.63, 3.8) is 0 Å². The fourth-order valence-electron chi connectivity index (χ4n) is 4.10. The Morgan fingerprint density at radius 3 is 1.86 bits per heavy atom. The standard InChI is InChI=1S/C17H29NO3/c1-2-16(9-7-8-10-16)14(19)18-13-17(15(20)21)11-5-3-4-6-12-17/h2-13H2,1H3,(H,18,19)(H,20,21). The second-order valence-corrected chi connectivity index (χ2v) is 7.02. The molecular weight excluding hydrogens is 266 g/mol. The van der Waals surface area contributed by atoms with Gasteiger partial charge in [0.1, 0.15) is 0 Å². The molecule has 0 spiro atoms. The first-order valence-corrected chi connectivity index (χ1v) is 8.56. The third kappa shape index (κ3) is 3.41. The molecule has 0 bridgehead atoms. The van der Waals surface area contributed by atoms with E-state index in [0.29, 0.717) is 19.4 Å². The normalized spacial score (nSPS) is 24.2. The molecule has 21 heavy (non-hydrogen) atoms. The van der Waals surface area contributed by atoms with Crippen LogP contribution in [0.4, 0.5) is 0 Å². The van der Waals surface area contributed by atoms with Gasteiger partial charge in [0.15, 0.2) is 0 Å². The van der Waals surface area contributed by atoms with Crippen LogP contribution in [0.1, 0.15) is 77.6 Å². The molecule has 2 rings (SSSR count). The average Bonchev–Trinajstić information content (AvgIpc) is 2.84. The maximum Gasteiger partial charge on any atom is 0.311 e. The van der Waals surface area contributed by atoms with Crippen molar-refractivity contribution in [3.05, 3.63) is 0 Å². The van der Waals surface area contributed by atoms with Gasteiger partial charge in [-0.25, -0.2) is 0 Å². The number of hydrogen-bond acceptors (Lipinski definition) is 2. The molecule has 0 atom stereocenters. The number of aliphatic carboxylic acids is 1. The first-order chi connectivity index (χ1) is 10.0. The number of hydrogen-bond donors (Lipinski definition) is 2. The Morgan fingerprint density at radius 1 is 0.905 bits per heavy atom. The summed E-state index contributed by atoms with van der Waals surface area (Å²) in [6.45, 7) is 2.38. The molecule has 2 aliphatic rings. The lowest BCUT2D eigenvalue weighted by atomic mass is 9.78. The van der Waals surface area contributed by atoms with Gasteiger partial charge in [0.05, 0.1) is 5.41 Å². The van der Waals surface area contributed by atoms with Gasteiger partial charge in [0.2, 0.25) is 5.91 Å². The topological polar surface area (TPSA) is 66.4 Å². The highest BCUT2D eigenvalue weighted by Gasteiger charge is 2.43. The molecule has 0 radical (unpaired) electrons. The van der Waals surface area contributed by atoms with E-state index < -0.39 is 11.4 Å². The SMILES string of the molecule is CCC1(C(=O)NCC2(C(=O)O)CCCCCC2)CCCC1. The molecule has 0 saturated heterocycles. The summed E-state index contributed by atoms with van der Waals surface area (Å²) < 4.78 is 0. The quantitative estimate of drug-likeness (QED) is 0.763. The number of carboxylic acid groups (broad SMARTS) is 1. The number of carbonyl (C=O) groups is 2. The minimum Gasteiger partial charge on any atom is -0.481 e. The number of carboxylic acids is 1. The Balaban J connectivity index is 2.01. The smallest absolute Gasteiger partial charge is 0.311 e. The van der Waals surface area contributed by atoms with E-state index in [0.717, 1.165) is 57.8 Å². The molecule has 120 valence electrons. The first kappa shape index (κ1) is 16.3. The molecule has 0 aromatic rings. The number of amides is 1. The summed E-state index contributed by atoms with van der Waals surface area (Å²) in [5.74, 6) is -0.644. The largest absolute Gasteiger partial charge is 0.481 e. The summed E-state index contributed by atoms with van der Waals surface area (Å²) in [4.78, 5) is 24.3. The lowest BCUT2D eigenvalue weighted by molar-refractivity contribution is -0.150. The van der Waals surface area contributed by atoms with Crippen LogP contribution in [0.5, 0.6) is 0 Å². The third-order valence-corrected chi connectivity index (χ3v) is 5.82. The van der Waals surface area contributed by atoms with Gasteiger partial charge >= 0.3 is 5.97 Å². The molecule has 0 aliphatic heterocycles. The van der Waals surface area contributed by atoms with Gasteiger partial charge in [-0.05, 0) is 32.1 Å². The molecule has 1 amide bonds. The van der Waals surface area contributed by atoms with Crippen molar-refractivity contribution in [1.82, 2.24) is 5.32 Å². The summed E-state index contributed by atoms with van der Waals surface area (Å²) in [6.07, 6.45) is 10.5. The zero-order valence-electron chi connectivity index (χ0n) is 13.2. The van der Waals surface area contributed by atoms with Crippen LogP contribution in [0.25, 0.3) is 0 Å². The molecule has 2 N–H and O–H groups in total. The van der Waals surface area contributed by atoms with E-state index in [1.54, 1.807) is 0 Å². The van der Waals surface area contributed by atoms with Crippen LogP contribution in [0.3, 0.4) is 0 Å². The van der Waals surface area contributed by atoms with Crippen LogP contribution >= 0.6 is 0 Å². The highest BCUT2D eigenvalue weighted by Crippen LogP contribution is 2.41. The maximum atomic E-state index is 12.6. The van der Waals surface area contributed by atoms with Crippen molar-refractivity contribution in [1.29, 1.82) is 0 Å². The van der Waals surface area contributed by atoms with E-state index in [-0.39, 0.29) is 11.3 Å². The number of carbonyl (C=O) groups excluding carboxylic acids is 1. The van der Waals surface area contributed by atoms with Crippen molar-refractivity contribution < 1.29 is 14.7 Å². The second kappa shape index (κ2) is 6.80. The monoisotopic (exact) mass is 295 g/mol. The van der Waals surface area contributed by atoms with Crippen LogP contribution in [0, 0.1) is 10.8 Å². The fourth-order valence-corrected chi connectivity index (χ4v) is 4.10. The Kier molecular flexibility index (Phi) is 5.28. The minimum absolute atomic E-state index is 0.0902. The van der Waals surface area contributed by atoms with E-state index in [2.05, 4.69) is 12.2 Å². The van der Waals surface area contributed by atoms with Crippen LogP contribution in [-0.4, -0.2) is 23.5 Å². The summed E-state index contributed by atoms with van der Waals surface area (Å²) in [7, 11) is 0. The molecule has 0 heterocycles. The molecule has 4 heteroatoms.